The lowest BCUT2D eigenvalue weighted by atomic mass is 10.3. The predicted octanol–water partition coefficient (Wildman–Crippen LogP) is 3.00. The van der Waals surface area contributed by atoms with Crippen molar-refractivity contribution < 1.29 is 4.74 Å². The van der Waals surface area contributed by atoms with Crippen molar-refractivity contribution in [2.24, 2.45) is 0 Å². The number of fused-ring (bicyclic) bond motifs is 1. The van der Waals surface area contributed by atoms with Crippen LogP contribution in [0.2, 0.25) is 0 Å². The number of aryl methyl sites for hydroxylation is 1. The topological polar surface area (TPSA) is 50.8 Å². The molecular formula is C12H11N3OS. The summed E-state index contributed by atoms with van der Waals surface area (Å²) in [5.41, 5.74) is 3.09. The maximum atomic E-state index is 5.21. The standard InChI is InChI=1S/C12H11N3OS/c1-7-9(6-13-15-7)12-14-10-4-3-8(16-2)5-11(10)17-12/h3-6H,1-2H3,(H,13,15). The van der Waals surface area contributed by atoms with Crippen molar-refractivity contribution in [1.82, 2.24) is 15.2 Å². The summed E-state index contributed by atoms with van der Waals surface area (Å²) in [4.78, 5) is 4.59. The first-order chi connectivity index (χ1) is 8.28. The number of H-pyrrole nitrogens is 1. The number of benzene rings is 1. The lowest BCUT2D eigenvalue weighted by molar-refractivity contribution is 0.415. The van der Waals surface area contributed by atoms with E-state index in [2.05, 4.69) is 15.2 Å². The number of nitrogens with one attached hydrogen (secondary N) is 1. The third kappa shape index (κ3) is 1.68. The summed E-state index contributed by atoms with van der Waals surface area (Å²) in [6.07, 6.45) is 1.81. The van der Waals surface area contributed by atoms with Gasteiger partial charge in [0.2, 0.25) is 0 Å². The van der Waals surface area contributed by atoms with Crippen LogP contribution in [-0.2, 0) is 0 Å². The van der Waals surface area contributed by atoms with E-state index in [1.54, 1.807) is 18.4 Å². The molecule has 0 radical (unpaired) electrons. The summed E-state index contributed by atoms with van der Waals surface area (Å²) in [7, 11) is 1.67. The van der Waals surface area contributed by atoms with Crippen LogP contribution in [0.1, 0.15) is 5.69 Å². The molecular weight excluding hydrogens is 234 g/mol. The van der Waals surface area contributed by atoms with Gasteiger partial charge in [0.1, 0.15) is 10.8 Å². The molecule has 5 heteroatoms. The zero-order valence-electron chi connectivity index (χ0n) is 9.52. The fourth-order valence-corrected chi connectivity index (χ4v) is 2.77. The number of methoxy groups -OCH3 is 1. The minimum Gasteiger partial charge on any atom is -0.497 e. The number of nitrogens with zero attached hydrogens (tertiary/aromatic N) is 2. The summed E-state index contributed by atoms with van der Waals surface area (Å²) >= 11 is 1.65. The van der Waals surface area contributed by atoms with E-state index in [-0.39, 0.29) is 0 Å². The van der Waals surface area contributed by atoms with Crippen LogP contribution in [0.5, 0.6) is 5.75 Å². The lowest BCUT2D eigenvalue weighted by Gasteiger charge is -1.96. The van der Waals surface area contributed by atoms with Crippen molar-refractivity contribution in [3.8, 4) is 16.3 Å². The van der Waals surface area contributed by atoms with Gasteiger partial charge in [-0.15, -0.1) is 11.3 Å². The second kappa shape index (κ2) is 3.85. The predicted molar refractivity (Wildman–Crippen MR) is 68.5 cm³/mol. The molecule has 4 nitrogen and oxygen atoms in total. The molecule has 86 valence electrons. The second-order valence-electron chi connectivity index (χ2n) is 3.76. The largest absolute Gasteiger partial charge is 0.497 e. The Kier molecular flexibility index (Phi) is 2.33. The highest BCUT2D eigenvalue weighted by Gasteiger charge is 2.10. The summed E-state index contributed by atoms with van der Waals surface area (Å²) < 4.78 is 6.33. The Morgan fingerprint density at radius 3 is 2.94 bits per heavy atom. The molecule has 17 heavy (non-hydrogen) atoms. The Hall–Kier alpha value is -1.88. The van der Waals surface area contributed by atoms with Crippen molar-refractivity contribution >= 4 is 21.6 Å². The van der Waals surface area contributed by atoms with Crippen LogP contribution in [0, 0.1) is 6.92 Å². The normalized spacial score (nSPS) is 10.9. The van der Waals surface area contributed by atoms with Gasteiger partial charge in [-0.2, -0.15) is 5.10 Å². The molecule has 1 aromatic carbocycles. The molecule has 0 spiro atoms. The zero-order valence-corrected chi connectivity index (χ0v) is 10.3. The first kappa shape index (κ1) is 10.3. The van der Waals surface area contributed by atoms with E-state index in [4.69, 9.17) is 4.74 Å². The molecule has 1 N–H and O–H groups in total. The fourth-order valence-electron chi connectivity index (χ4n) is 1.71. The number of aromatic nitrogens is 3. The highest BCUT2D eigenvalue weighted by molar-refractivity contribution is 7.21. The first-order valence-corrected chi connectivity index (χ1v) is 6.04. The molecule has 3 aromatic rings. The molecule has 0 amide bonds. The zero-order chi connectivity index (χ0) is 11.8. The van der Waals surface area contributed by atoms with Gasteiger partial charge in [-0.05, 0) is 25.1 Å². The van der Waals surface area contributed by atoms with E-state index in [0.29, 0.717) is 0 Å². The van der Waals surface area contributed by atoms with Gasteiger partial charge in [0, 0.05) is 5.69 Å². The molecule has 0 aliphatic rings. The lowest BCUT2D eigenvalue weighted by Crippen LogP contribution is -1.80. The Bertz CT molecular complexity index is 671. The Balaban J connectivity index is 2.17. The molecule has 0 aliphatic carbocycles. The maximum Gasteiger partial charge on any atom is 0.128 e. The number of aromatic amines is 1. The van der Waals surface area contributed by atoms with Crippen LogP contribution in [0.3, 0.4) is 0 Å². The average molecular weight is 245 g/mol. The Labute approximate surface area is 102 Å². The van der Waals surface area contributed by atoms with Gasteiger partial charge in [0.25, 0.3) is 0 Å². The van der Waals surface area contributed by atoms with Crippen LogP contribution < -0.4 is 4.74 Å². The van der Waals surface area contributed by atoms with E-state index >= 15 is 0 Å². The number of hydrogen-bond donors (Lipinski definition) is 1. The third-order valence-corrected chi connectivity index (χ3v) is 3.71. The van der Waals surface area contributed by atoms with Crippen LogP contribution in [-0.4, -0.2) is 22.3 Å². The van der Waals surface area contributed by atoms with E-state index in [0.717, 1.165) is 32.2 Å². The van der Waals surface area contributed by atoms with Gasteiger partial charge in [-0.25, -0.2) is 4.98 Å². The number of thiazole rings is 1. The van der Waals surface area contributed by atoms with Crippen molar-refractivity contribution in [1.29, 1.82) is 0 Å². The Morgan fingerprint density at radius 1 is 1.35 bits per heavy atom. The Morgan fingerprint density at radius 2 is 2.24 bits per heavy atom. The minimum absolute atomic E-state index is 0.858. The van der Waals surface area contributed by atoms with Gasteiger partial charge >= 0.3 is 0 Å². The minimum atomic E-state index is 0.858. The number of hydrogen-bond acceptors (Lipinski definition) is 4. The highest BCUT2D eigenvalue weighted by atomic mass is 32.1. The molecule has 0 saturated heterocycles. The van der Waals surface area contributed by atoms with E-state index in [9.17, 15) is 0 Å². The van der Waals surface area contributed by atoms with Crippen LogP contribution in [0.25, 0.3) is 20.8 Å². The van der Waals surface area contributed by atoms with Crippen molar-refractivity contribution in [2.75, 3.05) is 7.11 Å². The van der Waals surface area contributed by atoms with Crippen molar-refractivity contribution in [3.05, 3.63) is 30.1 Å². The van der Waals surface area contributed by atoms with Gasteiger partial charge in [0.05, 0.1) is 29.1 Å². The molecule has 0 aliphatic heterocycles. The van der Waals surface area contributed by atoms with Crippen molar-refractivity contribution in [3.63, 3.8) is 0 Å². The monoisotopic (exact) mass is 245 g/mol. The second-order valence-corrected chi connectivity index (χ2v) is 4.79. The van der Waals surface area contributed by atoms with Gasteiger partial charge in [0.15, 0.2) is 0 Å². The molecule has 0 bridgehead atoms. The molecule has 0 unspecified atom stereocenters. The maximum absolute atomic E-state index is 5.21. The quantitative estimate of drug-likeness (QED) is 0.755. The third-order valence-electron chi connectivity index (χ3n) is 2.66. The van der Waals surface area contributed by atoms with Crippen LogP contribution >= 0.6 is 11.3 Å². The van der Waals surface area contributed by atoms with Gasteiger partial charge in [-0.1, -0.05) is 0 Å². The van der Waals surface area contributed by atoms with Crippen LogP contribution in [0.4, 0.5) is 0 Å². The fraction of sp³-hybridized carbons (Fsp3) is 0.167. The molecule has 3 rings (SSSR count). The molecule has 0 saturated carbocycles. The summed E-state index contributed by atoms with van der Waals surface area (Å²) in [5.74, 6) is 0.858. The molecule has 2 heterocycles. The molecule has 0 fully saturated rings. The number of ether oxygens (including phenoxy) is 1. The summed E-state index contributed by atoms with van der Waals surface area (Å²) in [6, 6.07) is 5.91. The average Bonchev–Trinajstić information content (AvgIpc) is 2.93. The first-order valence-electron chi connectivity index (χ1n) is 5.23. The number of rotatable bonds is 2. The van der Waals surface area contributed by atoms with Crippen molar-refractivity contribution in [2.45, 2.75) is 6.92 Å². The van der Waals surface area contributed by atoms with Gasteiger partial charge < -0.3 is 4.74 Å². The van der Waals surface area contributed by atoms with E-state index in [1.165, 1.54) is 0 Å². The van der Waals surface area contributed by atoms with E-state index < -0.39 is 0 Å². The highest BCUT2D eigenvalue weighted by Crippen LogP contribution is 2.32. The summed E-state index contributed by atoms with van der Waals surface area (Å²) in [5, 5.41) is 7.93. The van der Waals surface area contributed by atoms with Crippen LogP contribution in [0.15, 0.2) is 24.4 Å². The van der Waals surface area contributed by atoms with E-state index in [1.807, 2.05) is 31.3 Å². The van der Waals surface area contributed by atoms with Gasteiger partial charge in [-0.3, -0.25) is 5.10 Å². The molecule has 2 aromatic heterocycles. The summed E-state index contributed by atoms with van der Waals surface area (Å²) in [6.45, 7) is 2.00. The smallest absolute Gasteiger partial charge is 0.128 e. The molecule has 0 atom stereocenters. The SMILES string of the molecule is COc1ccc2nc(-c3cn[nH]c3C)sc2c1.